The fourth-order valence-electron chi connectivity index (χ4n) is 3.93. The van der Waals surface area contributed by atoms with Crippen LogP contribution < -0.4 is 5.32 Å². The summed E-state index contributed by atoms with van der Waals surface area (Å²) < 4.78 is 16.4. The Hall–Kier alpha value is -3.16. The van der Waals surface area contributed by atoms with Gasteiger partial charge in [-0.05, 0) is 53.2 Å². The van der Waals surface area contributed by atoms with Gasteiger partial charge in [0, 0.05) is 5.69 Å². The molecule has 1 aromatic rings. The number of ether oxygens (including phenoxy) is 3. The monoisotopic (exact) mass is 414 g/mol. The van der Waals surface area contributed by atoms with E-state index in [0.29, 0.717) is 11.3 Å². The minimum absolute atomic E-state index is 0.0392. The van der Waals surface area contributed by atoms with Crippen molar-refractivity contribution in [1.29, 1.82) is 5.41 Å². The number of benzene rings is 1. The molecule has 0 radical (unpaired) electrons. The molecule has 0 bridgehead atoms. The third-order valence-electron chi connectivity index (χ3n) is 4.85. The number of para-hydroxylation sites is 1. The second-order valence-electron chi connectivity index (χ2n) is 8.63. The van der Waals surface area contributed by atoms with E-state index in [-0.39, 0.29) is 11.3 Å². The normalized spacial score (nSPS) is 23.2. The highest BCUT2D eigenvalue weighted by atomic mass is 16.6. The molecule has 160 valence electrons. The largest absolute Gasteiger partial charge is 0.459 e. The highest BCUT2D eigenvalue weighted by molar-refractivity contribution is 6.21. The number of hydrogen-bond acceptors (Lipinski definition) is 7. The molecule has 2 aliphatic heterocycles. The molecule has 30 heavy (non-hydrogen) atoms. The molecule has 1 spiro atoms. The van der Waals surface area contributed by atoms with Crippen molar-refractivity contribution in [3.8, 4) is 0 Å². The molecule has 2 atom stereocenters. The summed E-state index contributed by atoms with van der Waals surface area (Å²) in [6.45, 7) is 9.89. The van der Waals surface area contributed by atoms with Crippen LogP contribution in [0.25, 0.3) is 0 Å². The topological polar surface area (TPSA) is 115 Å². The van der Waals surface area contributed by atoms with E-state index in [1.165, 1.54) is 6.92 Å². The summed E-state index contributed by atoms with van der Waals surface area (Å²) in [5.74, 6) is -4.13. The van der Waals surface area contributed by atoms with Gasteiger partial charge in [-0.2, -0.15) is 0 Å². The minimum Gasteiger partial charge on any atom is -0.459 e. The molecule has 0 fully saturated rings. The Morgan fingerprint density at radius 3 is 2.47 bits per heavy atom. The molecule has 2 N–H and O–H groups in total. The molecule has 8 heteroatoms. The number of nitrogens with one attached hydrogen (secondary N) is 2. The average Bonchev–Trinajstić information content (AvgIpc) is 2.85. The average molecular weight is 414 g/mol. The maximum Gasteiger partial charge on any atom is 0.339 e. The highest BCUT2D eigenvalue weighted by Gasteiger charge is 2.65. The fraction of sp³-hybridized carbons (Fsp3) is 0.455. The lowest BCUT2D eigenvalue weighted by Crippen LogP contribution is -2.56. The van der Waals surface area contributed by atoms with Crippen molar-refractivity contribution >= 4 is 29.4 Å². The van der Waals surface area contributed by atoms with E-state index in [0.717, 1.165) is 0 Å². The van der Waals surface area contributed by atoms with E-state index in [9.17, 15) is 14.4 Å². The summed E-state index contributed by atoms with van der Waals surface area (Å²) >= 11 is 0. The lowest BCUT2D eigenvalue weighted by Gasteiger charge is -2.40. The number of carbonyl (C=O) groups excluding carboxylic acids is 3. The molecule has 0 saturated carbocycles. The number of fused-ring (bicyclic) bond motifs is 2. The number of rotatable bonds is 3. The molecule has 2 heterocycles. The summed E-state index contributed by atoms with van der Waals surface area (Å²) in [4.78, 5) is 39.8. The van der Waals surface area contributed by atoms with Crippen molar-refractivity contribution in [3.63, 3.8) is 0 Å². The molecular formula is C22H26N2O6. The van der Waals surface area contributed by atoms with Crippen LogP contribution in [0.1, 0.15) is 47.1 Å². The predicted octanol–water partition coefficient (Wildman–Crippen LogP) is 3.07. The summed E-state index contributed by atoms with van der Waals surface area (Å²) in [5.41, 5.74) is -1.96. The van der Waals surface area contributed by atoms with Crippen molar-refractivity contribution in [3.05, 3.63) is 41.2 Å². The molecule has 8 nitrogen and oxygen atoms in total. The number of hydrogen-bond donors (Lipinski definition) is 2. The molecular weight excluding hydrogens is 388 g/mol. The molecule has 0 aromatic heterocycles. The van der Waals surface area contributed by atoms with Crippen LogP contribution in [0.15, 0.2) is 35.6 Å². The Balaban J connectivity index is 2.31. The van der Waals surface area contributed by atoms with Crippen molar-refractivity contribution in [2.24, 2.45) is 5.92 Å². The minimum atomic E-state index is -1.83. The molecule has 0 aliphatic carbocycles. The van der Waals surface area contributed by atoms with Gasteiger partial charge in [0.1, 0.15) is 16.8 Å². The fourth-order valence-corrected chi connectivity index (χ4v) is 3.93. The quantitative estimate of drug-likeness (QED) is 0.735. The SMILES string of the molecule is CC1=C(C(=O)OC(C)C)C2(C(=O)Nc3ccccc32)C(C(=O)OC(C)(C)C)C(=N)O1. The third kappa shape index (κ3) is 3.36. The van der Waals surface area contributed by atoms with E-state index >= 15 is 0 Å². The van der Waals surface area contributed by atoms with Gasteiger partial charge in [-0.25, -0.2) is 4.79 Å². The van der Waals surface area contributed by atoms with Gasteiger partial charge < -0.3 is 19.5 Å². The predicted molar refractivity (Wildman–Crippen MR) is 109 cm³/mol. The molecule has 1 aromatic carbocycles. The Morgan fingerprint density at radius 2 is 1.87 bits per heavy atom. The van der Waals surface area contributed by atoms with Crippen molar-refractivity contribution in [1.82, 2.24) is 0 Å². The van der Waals surface area contributed by atoms with Gasteiger partial charge in [-0.3, -0.25) is 15.0 Å². The van der Waals surface area contributed by atoms with Gasteiger partial charge in [-0.15, -0.1) is 0 Å². The number of allylic oxidation sites excluding steroid dienone is 1. The number of esters is 2. The van der Waals surface area contributed by atoms with E-state index < -0.39 is 46.8 Å². The van der Waals surface area contributed by atoms with Crippen LogP contribution in [-0.4, -0.2) is 35.4 Å². The first-order chi connectivity index (χ1) is 13.9. The van der Waals surface area contributed by atoms with Crippen molar-refractivity contribution < 1.29 is 28.6 Å². The number of carbonyl (C=O) groups is 3. The smallest absolute Gasteiger partial charge is 0.339 e. The first kappa shape index (κ1) is 21.5. The molecule has 1 amide bonds. The second kappa shape index (κ2) is 7.27. The van der Waals surface area contributed by atoms with Crippen LogP contribution in [0.5, 0.6) is 0 Å². The molecule has 0 saturated heterocycles. The van der Waals surface area contributed by atoms with E-state index in [1.54, 1.807) is 58.9 Å². The first-order valence-electron chi connectivity index (χ1n) is 9.72. The lowest BCUT2D eigenvalue weighted by molar-refractivity contribution is -0.162. The van der Waals surface area contributed by atoms with Gasteiger partial charge >= 0.3 is 11.9 Å². The summed E-state index contributed by atoms with van der Waals surface area (Å²) in [6.07, 6.45) is -0.462. The Kier molecular flexibility index (Phi) is 5.22. The zero-order valence-corrected chi connectivity index (χ0v) is 17.9. The first-order valence-corrected chi connectivity index (χ1v) is 9.72. The standard InChI is InChI=1S/C22H26N2O6/c1-11(2)28-18(25)15-12(3)29-17(23)16(19(26)30-21(4,5)6)22(15)13-9-7-8-10-14(13)24-20(22)27/h7-11,16,23H,1-6H3,(H,24,27). The lowest BCUT2D eigenvalue weighted by atomic mass is 9.64. The van der Waals surface area contributed by atoms with Crippen LogP contribution >= 0.6 is 0 Å². The van der Waals surface area contributed by atoms with Gasteiger partial charge in [-0.1, -0.05) is 18.2 Å². The second-order valence-corrected chi connectivity index (χ2v) is 8.63. The van der Waals surface area contributed by atoms with Crippen LogP contribution in [0.4, 0.5) is 5.69 Å². The summed E-state index contributed by atoms with van der Waals surface area (Å²) in [6, 6.07) is 6.76. The Labute approximate surface area is 175 Å². The highest BCUT2D eigenvalue weighted by Crippen LogP contribution is 2.52. The zero-order chi connectivity index (χ0) is 22.4. The maximum atomic E-state index is 13.5. The van der Waals surface area contributed by atoms with E-state index in [2.05, 4.69) is 5.32 Å². The molecule has 2 unspecified atom stereocenters. The number of anilines is 1. The van der Waals surface area contributed by atoms with Crippen LogP contribution in [0.3, 0.4) is 0 Å². The van der Waals surface area contributed by atoms with E-state index in [1.807, 2.05) is 0 Å². The summed E-state index contributed by atoms with van der Waals surface area (Å²) in [7, 11) is 0. The van der Waals surface area contributed by atoms with Crippen molar-refractivity contribution in [2.75, 3.05) is 5.32 Å². The van der Waals surface area contributed by atoms with Crippen LogP contribution in [0, 0.1) is 11.3 Å². The number of amides is 1. The molecule has 3 rings (SSSR count). The maximum absolute atomic E-state index is 13.5. The Morgan fingerprint density at radius 1 is 1.23 bits per heavy atom. The zero-order valence-electron chi connectivity index (χ0n) is 17.9. The molecule has 2 aliphatic rings. The van der Waals surface area contributed by atoms with Crippen LogP contribution in [-0.2, 0) is 34.0 Å². The van der Waals surface area contributed by atoms with Crippen LogP contribution in [0.2, 0.25) is 0 Å². The van der Waals surface area contributed by atoms with Gasteiger partial charge in [0.15, 0.2) is 5.92 Å². The van der Waals surface area contributed by atoms with Gasteiger partial charge in [0.05, 0.1) is 11.7 Å². The van der Waals surface area contributed by atoms with Gasteiger partial charge in [0.2, 0.25) is 11.8 Å². The Bertz CT molecular complexity index is 972. The van der Waals surface area contributed by atoms with E-state index in [4.69, 9.17) is 19.6 Å². The van der Waals surface area contributed by atoms with Crippen molar-refractivity contribution in [2.45, 2.75) is 58.7 Å². The summed E-state index contributed by atoms with van der Waals surface area (Å²) in [5, 5.41) is 11.2. The third-order valence-corrected chi connectivity index (χ3v) is 4.85. The van der Waals surface area contributed by atoms with Gasteiger partial charge in [0.25, 0.3) is 0 Å².